The maximum Gasteiger partial charge on any atom is 0.410 e. The number of carbonyl (C=O) groups excluding carboxylic acids is 1. The summed E-state index contributed by atoms with van der Waals surface area (Å²) in [5, 5.41) is 0. The maximum atomic E-state index is 12.1. The van der Waals surface area contributed by atoms with Gasteiger partial charge in [-0.2, -0.15) is 0 Å². The van der Waals surface area contributed by atoms with Crippen LogP contribution >= 0.6 is 0 Å². The first-order valence-corrected chi connectivity index (χ1v) is 6.58. The zero-order chi connectivity index (χ0) is 12.6. The fourth-order valence-corrected chi connectivity index (χ4v) is 3.10. The molecular weight excluding hydrogens is 216 g/mol. The molecule has 0 spiro atoms. The van der Waals surface area contributed by atoms with Gasteiger partial charge in [0.15, 0.2) is 0 Å². The molecule has 1 aliphatic carbocycles. The minimum atomic E-state index is -0.402. The van der Waals surface area contributed by atoms with Crippen molar-refractivity contribution in [2.75, 3.05) is 13.1 Å². The highest BCUT2D eigenvalue weighted by molar-refractivity contribution is 5.69. The summed E-state index contributed by atoms with van der Waals surface area (Å²) >= 11 is 0. The van der Waals surface area contributed by atoms with Crippen LogP contribution < -0.4 is 5.73 Å². The second-order valence-electron chi connectivity index (χ2n) is 6.46. The Balaban J connectivity index is 1.97. The molecule has 2 N–H and O–H groups in total. The summed E-state index contributed by atoms with van der Waals surface area (Å²) in [5.74, 6) is 1.22. The van der Waals surface area contributed by atoms with Crippen LogP contribution in [0.15, 0.2) is 0 Å². The van der Waals surface area contributed by atoms with E-state index in [1.807, 2.05) is 25.7 Å². The van der Waals surface area contributed by atoms with E-state index in [1.165, 1.54) is 6.42 Å². The van der Waals surface area contributed by atoms with Crippen LogP contribution in [0.5, 0.6) is 0 Å². The standard InChI is InChI=1S/C13H24N2O2/c1-13(2,3)17-12(16)15-8-10-4-9(7-14)5-11(15)6-10/h9-11H,4-8,14H2,1-3H3. The largest absolute Gasteiger partial charge is 0.444 e. The second kappa shape index (κ2) is 4.48. The number of hydrogen-bond acceptors (Lipinski definition) is 3. The molecule has 1 saturated carbocycles. The first-order valence-electron chi connectivity index (χ1n) is 6.58. The molecule has 1 aliphatic heterocycles. The molecule has 0 aromatic heterocycles. The number of hydrogen-bond donors (Lipinski definition) is 1. The molecule has 1 saturated heterocycles. The molecule has 3 atom stereocenters. The van der Waals surface area contributed by atoms with Gasteiger partial charge in [0.05, 0.1) is 0 Å². The monoisotopic (exact) mass is 240 g/mol. The lowest BCUT2D eigenvalue weighted by atomic mass is 9.82. The second-order valence-corrected chi connectivity index (χ2v) is 6.46. The molecule has 17 heavy (non-hydrogen) atoms. The molecule has 1 heterocycles. The maximum absolute atomic E-state index is 12.1. The van der Waals surface area contributed by atoms with Crippen LogP contribution in [-0.2, 0) is 4.74 Å². The van der Waals surface area contributed by atoms with Crippen LogP contribution in [0.2, 0.25) is 0 Å². The smallest absolute Gasteiger partial charge is 0.410 e. The molecule has 4 heteroatoms. The highest BCUT2D eigenvalue weighted by atomic mass is 16.6. The molecule has 2 aliphatic rings. The number of fused-ring (bicyclic) bond motifs is 2. The van der Waals surface area contributed by atoms with E-state index in [0.717, 1.165) is 25.9 Å². The lowest BCUT2D eigenvalue weighted by Gasteiger charge is -2.30. The Bertz CT molecular complexity index is 298. The quantitative estimate of drug-likeness (QED) is 0.762. The molecule has 98 valence electrons. The Hall–Kier alpha value is -0.770. The van der Waals surface area contributed by atoms with E-state index in [4.69, 9.17) is 10.5 Å². The predicted molar refractivity (Wildman–Crippen MR) is 66.6 cm³/mol. The first-order chi connectivity index (χ1) is 7.89. The van der Waals surface area contributed by atoms with E-state index >= 15 is 0 Å². The topological polar surface area (TPSA) is 55.6 Å². The van der Waals surface area contributed by atoms with Gasteiger partial charge in [0.25, 0.3) is 0 Å². The number of ether oxygens (including phenoxy) is 1. The molecule has 3 unspecified atom stereocenters. The van der Waals surface area contributed by atoms with E-state index in [1.54, 1.807) is 0 Å². The number of nitrogens with zero attached hydrogens (tertiary/aromatic N) is 1. The van der Waals surface area contributed by atoms with Gasteiger partial charge < -0.3 is 15.4 Å². The van der Waals surface area contributed by atoms with Gasteiger partial charge in [0.2, 0.25) is 0 Å². The van der Waals surface area contributed by atoms with Crippen LogP contribution in [0.3, 0.4) is 0 Å². The summed E-state index contributed by atoms with van der Waals surface area (Å²) in [4.78, 5) is 14.0. The van der Waals surface area contributed by atoms with Gasteiger partial charge in [-0.3, -0.25) is 0 Å². The molecule has 1 amide bonds. The fourth-order valence-electron chi connectivity index (χ4n) is 3.10. The zero-order valence-electron chi connectivity index (χ0n) is 11.1. The highest BCUT2D eigenvalue weighted by Crippen LogP contribution is 2.38. The summed E-state index contributed by atoms with van der Waals surface area (Å²) in [6.07, 6.45) is 3.21. The van der Waals surface area contributed by atoms with E-state index < -0.39 is 5.60 Å². The molecule has 2 bridgehead atoms. The lowest BCUT2D eigenvalue weighted by molar-refractivity contribution is 0.0217. The number of rotatable bonds is 1. The Labute approximate surface area is 103 Å². The van der Waals surface area contributed by atoms with Crippen LogP contribution in [0, 0.1) is 11.8 Å². The zero-order valence-corrected chi connectivity index (χ0v) is 11.1. The van der Waals surface area contributed by atoms with E-state index in [9.17, 15) is 4.79 Å². The number of carbonyl (C=O) groups is 1. The van der Waals surface area contributed by atoms with Gasteiger partial charge in [-0.15, -0.1) is 0 Å². The minimum absolute atomic E-state index is 0.150. The van der Waals surface area contributed by atoms with Crippen molar-refractivity contribution in [3.05, 3.63) is 0 Å². The van der Waals surface area contributed by atoms with E-state index in [0.29, 0.717) is 17.9 Å². The third-order valence-corrected chi connectivity index (χ3v) is 3.73. The molecule has 0 aromatic carbocycles. The summed E-state index contributed by atoms with van der Waals surface area (Å²) < 4.78 is 5.45. The fraction of sp³-hybridized carbons (Fsp3) is 0.923. The van der Waals surface area contributed by atoms with Crippen molar-refractivity contribution in [1.29, 1.82) is 0 Å². The van der Waals surface area contributed by atoms with Gasteiger partial charge in [-0.25, -0.2) is 4.79 Å². The Kier molecular flexibility index (Phi) is 3.34. The Morgan fingerprint density at radius 2 is 2.06 bits per heavy atom. The number of likely N-dealkylation sites (tertiary alicyclic amines) is 1. The van der Waals surface area contributed by atoms with Crippen molar-refractivity contribution >= 4 is 6.09 Å². The van der Waals surface area contributed by atoms with Crippen LogP contribution in [0.4, 0.5) is 4.79 Å². The molecule has 0 radical (unpaired) electrons. The predicted octanol–water partition coefficient (Wildman–Crippen LogP) is 1.98. The normalized spacial score (nSPS) is 32.7. The van der Waals surface area contributed by atoms with Crippen molar-refractivity contribution in [2.24, 2.45) is 17.6 Å². The Morgan fingerprint density at radius 1 is 1.35 bits per heavy atom. The van der Waals surface area contributed by atoms with Crippen molar-refractivity contribution in [2.45, 2.75) is 51.7 Å². The average Bonchev–Trinajstić information content (AvgIpc) is 2.51. The average molecular weight is 240 g/mol. The number of nitrogens with two attached hydrogens (primary N) is 1. The van der Waals surface area contributed by atoms with Crippen molar-refractivity contribution < 1.29 is 9.53 Å². The Morgan fingerprint density at radius 3 is 2.65 bits per heavy atom. The van der Waals surface area contributed by atoms with Crippen molar-refractivity contribution in [3.63, 3.8) is 0 Å². The van der Waals surface area contributed by atoms with Crippen molar-refractivity contribution in [3.8, 4) is 0 Å². The molecule has 0 aromatic rings. The highest BCUT2D eigenvalue weighted by Gasteiger charge is 2.42. The summed E-state index contributed by atoms with van der Waals surface area (Å²) in [7, 11) is 0. The summed E-state index contributed by atoms with van der Waals surface area (Å²) in [5.41, 5.74) is 5.34. The van der Waals surface area contributed by atoms with Gasteiger partial charge in [0.1, 0.15) is 5.60 Å². The molecule has 2 rings (SSSR count). The molecular formula is C13H24N2O2. The third kappa shape index (κ3) is 2.92. The van der Waals surface area contributed by atoms with Crippen molar-refractivity contribution in [1.82, 2.24) is 4.90 Å². The molecule has 4 nitrogen and oxygen atoms in total. The van der Waals surface area contributed by atoms with Crippen LogP contribution in [-0.4, -0.2) is 35.7 Å². The minimum Gasteiger partial charge on any atom is -0.444 e. The van der Waals surface area contributed by atoms with Crippen LogP contribution in [0.25, 0.3) is 0 Å². The first kappa shape index (κ1) is 12.7. The summed E-state index contributed by atoms with van der Waals surface area (Å²) in [6, 6.07) is 0.358. The SMILES string of the molecule is CC(C)(C)OC(=O)N1CC2CC(CN)CC1C2. The van der Waals surface area contributed by atoms with Gasteiger partial charge in [-0.05, 0) is 58.4 Å². The van der Waals surface area contributed by atoms with Gasteiger partial charge in [0, 0.05) is 12.6 Å². The summed E-state index contributed by atoms with van der Waals surface area (Å²) in [6.45, 7) is 7.34. The van der Waals surface area contributed by atoms with E-state index in [2.05, 4.69) is 0 Å². The van der Waals surface area contributed by atoms with E-state index in [-0.39, 0.29) is 6.09 Å². The third-order valence-electron chi connectivity index (χ3n) is 3.73. The van der Waals surface area contributed by atoms with Gasteiger partial charge >= 0.3 is 6.09 Å². The van der Waals surface area contributed by atoms with Gasteiger partial charge in [-0.1, -0.05) is 0 Å². The molecule has 2 fully saturated rings. The van der Waals surface area contributed by atoms with Crippen LogP contribution in [0.1, 0.15) is 40.0 Å². The number of amides is 1. The lowest BCUT2D eigenvalue weighted by Crippen LogP contribution is -2.40.